The standard InChI is InChI=1S/C24H25N3O6S/c1-14-12-15(18-4-2-3-5-19(18)25-14)13-32-16-6-8-17(9-7-16)34(30,31)27-23-21-11-10-20(33-21)22(23)24(28)26-29/h2-9,12,20-23,27,29H,10-11,13H2,1H3,(H,26,28)/t20-,21+,22+,23-/m1/s1. The number of carbonyl (C=O) groups is 1. The smallest absolute Gasteiger partial charge is 0.250 e. The number of nitrogens with one attached hydrogen (secondary N) is 2. The molecule has 5 rings (SSSR count). The average molecular weight is 484 g/mol. The number of ether oxygens (including phenoxy) is 2. The molecule has 0 saturated carbocycles. The van der Waals surface area contributed by atoms with Gasteiger partial charge in [-0.1, -0.05) is 18.2 Å². The van der Waals surface area contributed by atoms with Gasteiger partial charge in [-0.3, -0.25) is 15.0 Å². The number of hydrogen-bond donors (Lipinski definition) is 3. The number of amides is 1. The summed E-state index contributed by atoms with van der Waals surface area (Å²) < 4.78 is 40.2. The van der Waals surface area contributed by atoms with Gasteiger partial charge in [-0.2, -0.15) is 0 Å². The zero-order valence-corrected chi connectivity index (χ0v) is 19.3. The fraction of sp³-hybridized carbons (Fsp3) is 0.333. The topological polar surface area (TPSA) is 127 Å². The summed E-state index contributed by atoms with van der Waals surface area (Å²) in [6.45, 7) is 2.24. The number of benzene rings is 2. The molecule has 2 aliphatic heterocycles. The largest absolute Gasteiger partial charge is 0.489 e. The van der Waals surface area contributed by atoms with Gasteiger partial charge in [0.1, 0.15) is 12.4 Å². The summed E-state index contributed by atoms with van der Waals surface area (Å²) in [6.07, 6.45) is 0.499. The molecule has 2 saturated heterocycles. The summed E-state index contributed by atoms with van der Waals surface area (Å²) in [6, 6.07) is 15.2. The third kappa shape index (κ3) is 4.25. The first-order valence-electron chi connectivity index (χ1n) is 11.1. The molecule has 2 aliphatic rings. The summed E-state index contributed by atoms with van der Waals surface area (Å²) in [5, 5.41) is 10.0. The SMILES string of the molecule is Cc1cc(COc2ccc(S(=O)(=O)N[C@H]3[C@@H](C(=O)NO)[C@H]4CC[C@@H]3O4)cc2)c2ccccc2n1. The van der Waals surface area contributed by atoms with Crippen molar-refractivity contribution in [1.82, 2.24) is 15.2 Å². The van der Waals surface area contributed by atoms with Gasteiger partial charge in [0, 0.05) is 16.6 Å². The molecule has 0 aliphatic carbocycles. The van der Waals surface area contributed by atoms with E-state index in [2.05, 4.69) is 9.71 Å². The lowest BCUT2D eigenvalue weighted by Crippen LogP contribution is -2.51. The van der Waals surface area contributed by atoms with Gasteiger partial charge < -0.3 is 9.47 Å². The molecule has 2 bridgehead atoms. The molecule has 0 unspecified atom stereocenters. The number of sulfonamides is 1. The van der Waals surface area contributed by atoms with Crippen LogP contribution in [0.25, 0.3) is 10.9 Å². The lowest BCUT2D eigenvalue weighted by atomic mass is 9.84. The summed E-state index contributed by atoms with van der Waals surface area (Å²) in [7, 11) is -3.91. The molecule has 1 amide bonds. The zero-order valence-electron chi connectivity index (χ0n) is 18.5. The predicted molar refractivity (Wildman–Crippen MR) is 123 cm³/mol. The number of hydrogen-bond acceptors (Lipinski definition) is 7. The van der Waals surface area contributed by atoms with Crippen molar-refractivity contribution in [2.24, 2.45) is 5.92 Å². The number of rotatable bonds is 7. The van der Waals surface area contributed by atoms with Crippen molar-refractivity contribution in [1.29, 1.82) is 0 Å². The van der Waals surface area contributed by atoms with E-state index in [1.165, 1.54) is 12.1 Å². The highest BCUT2D eigenvalue weighted by Gasteiger charge is 2.53. The molecule has 2 fully saturated rings. The number of nitrogens with zero attached hydrogens (tertiary/aromatic N) is 1. The number of fused-ring (bicyclic) bond motifs is 3. The van der Waals surface area contributed by atoms with Crippen LogP contribution in [0.15, 0.2) is 59.5 Å². The van der Waals surface area contributed by atoms with Crippen LogP contribution in [-0.4, -0.2) is 42.8 Å². The van der Waals surface area contributed by atoms with Gasteiger partial charge in [0.25, 0.3) is 5.91 Å². The van der Waals surface area contributed by atoms with E-state index in [1.54, 1.807) is 17.6 Å². The first-order chi connectivity index (χ1) is 16.4. The highest BCUT2D eigenvalue weighted by molar-refractivity contribution is 7.89. The van der Waals surface area contributed by atoms with Crippen LogP contribution in [0.5, 0.6) is 5.75 Å². The van der Waals surface area contributed by atoms with Gasteiger partial charge in [0.2, 0.25) is 10.0 Å². The van der Waals surface area contributed by atoms with E-state index in [4.69, 9.17) is 14.7 Å². The molecule has 9 nitrogen and oxygen atoms in total. The highest BCUT2D eigenvalue weighted by Crippen LogP contribution is 2.40. The van der Waals surface area contributed by atoms with Crippen molar-refractivity contribution in [3.8, 4) is 5.75 Å². The quantitative estimate of drug-likeness (QED) is 0.348. The Morgan fingerprint density at radius 2 is 1.88 bits per heavy atom. The molecule has 4 atom stereocenters. The van der Waals surface area contributed by atoms with Crippen molar-refractivity contribution < 1.29 is 27.9 Å². The number of pyridine rings is 1. The second-order valence-electron chi connectivity index (χ2n) is 8.64. The Bertz CT molecular complexity index is 1330. The Morgan fingerprint density at radius 1 is 1.15 bits per heavy atom. The van der Waals surface area contributed by atoms with Crippen molar-refractivity contribution in [2.45, 2.75) is 49.5 Å². The summed E-state index contributed by atoms with van der Waals surface area (Å²) in [5.41, 5.74) is 4.40. The van der Waals surface area contributed by atoms with Crippen molar-refractivity contribution >= 4 is 26.8 Å². The van der Waals surface area contributed by atoms with Crippen LogP contribution in [0.2, 0.25) is 0 Å². The lowest BCUT2D eigenvalue weighted by molar-refractivity contribution is -0.135. The minimum atomic E-state index is -3.91. The van der Waals surface area contributed by atoms with Crippen LogP contribution in [-0.2, 0) is 26.2 Å². The van der Waals surface area contributed by atoms with Gasteiger partial charge in [0.05, 0.1) is 34.6 Å². The third-order valence-electron chi connectivity index (χ3n) is 6.44. The Hall–Kier alpha value is -3.05. The number of aromatic nitrogens is 1. The summed E-state index contributed by atoms with van der Waals surface area (Å²) in [4.78, 5) is 16.7. The monoisotopic (exact) mass is 483 g/mol. The van der Waals surface area contributed by atoms with Crippen LogP contribution in [0, 0.1) is 12.8 Å². The molecular formula is C24H25N3O6S. The molecule has 0 spiro atoms. The number of hydroxylamine groups is 1. The first-order valence-corrected chi connectivity index (χ1v) is 12.5. The lowest BCUT2D eigenvalue weighted by Gasteiger charge is -2.26. The molecule has 3 heterocycles. The van der Waals surface area contributed by atoms with Gasteiger partial charge in [0.15, 0.2) is 0 Å². The van der Waals surface area contributed by atoms with Crippen LogP contribution in [0.1, 0.15) is 24.1 Å². The number of para-hydroxylation sites is 1. The Morgan fingerprint density at radius 3 is 2.65 bits per heavy atom. The molecule has 3 N–H and O–H groups in total. The number of aryl methyl sites for hydroxylation is 1. The Balaban J connectivity index is 1.29. The Labute approximate surface area is 197 Å². The normalized spacial score (nSPS) is 23.8. The van der Waals surface area contributed by atoms with Gasteiger partial charge in [-0.05, 0) is 56.2 Å². The van der Waals surface area contributed by atoms with Crippen LogP contribution in [0.3, 0.4) is 0 Å². The maximum Gasteiger partial charge on any atom is 0.250 e. The number of carbonyl (C=O) groups excluding carboxylic acids is 1. The second-order valence-corrected chi connectivity index (χ2v) is 10.4. The molecule has 1 aromatic heterocycles. The van der Waals surface area contributed by atoms with Crippen LogP contribution in [0.4, 0.5) is 0 Å². The highest BCUT2D eigenvalue weighted by atomic mass is 32.2. The zero-order chi connectivity index (χ0) is 23.9. The van der Waals surface area contributed by atoms with Crippen LogP contribution >= 0.6 is 0 Å². The van der Waals surface area contributed by atoms with Gasteiger partial charge in [-0.15, -0.1) is 0 Å². The average Bonchev–Trinajstić information content (AvgIpc) is 3.44. The molecule has 2 aromatic carbocycles. The van der Waals surface area contributed by atoms with E-state index in [-0.39, 0.29) is 4.90 Å². The molecule has 10 heteroatoms. The predicted octanol–water partition coefficient (Wildman–Crippen LogP) is 2.45. The molecule has 3 aromatic rings. The first kappa shape index (κ1) is 22.7. The van der Waals surface area contributed by atoms with E-state index in [9.17, 15) is 13.2 Å². The molecule has 0 radical (unpaired) electrons. The molecule has 34 heavy (non-hydrogen) atoms. The van der Waals surface area contributed by atoms with E-state index in [0.29, 0.717) is 25.2 Å². The fourth-order valence-electron chi connectivity index (χ4n) is 4.87. The van der Waals surface area contributed by atoms with Crippen molar-refractivity contribution in [3.05, 3.63) is 65.9 Å². The fourth-order valence-corrected chi connectivity index (χ4v) is 6.16. The minimum absolute atomic E-state index is 0.0518. The Kier molecular flexibility index (Phi) is 5.98. The third-order valence-corrected chi connectivity index (χ3v) is 7.91. The van der Waals surface area contributed by atoms with E-state index >= 15 is 0 Å². The minimum Gasteiger partial charge on any atom is -0.489 e. The molecule has 178 valence electrons. The van der Waals surface area contributed by atoms with E-state index in [0.717, 1.165) is 22.2 Å². The van der Waals surface area contributed by atoms with E-state index in [1.807, 2.05) is 37.3 Å². The van der Waals surface area contributed by atoms with Crippen molar-refractivity contribution in [2.75, 3.05) is 0 Å². The summed E-state index contributed by atoms with van der Waals surface area (Å²) in [5.74, 6) is -0.902. The van der Waals surface area contributed by atoms with E-state index < -0.39 is 40.1 Å². The van der Waals surface area contributed by atoms with Gasteiger partial charge >= 0.3 is 0 Å². The second kappa shape index (κ2) is 8.95. The van der Waals surface area contributed by atoms with Gasteiger partial charge in [-0.25, -0.2) is 18.6 Å². The maximum absolute atomic E-state index is 13.0. The van der Waals surface area contributed by atoms with Crippen LogP contribution < -0.4 is 14.9 Å². The summed E-state index contributed by atoms with van der Waals surface area (Å²) >= 11 is 0. The molecular weight excluding hydrogens is 458 g/mol. The van der Waals surface area contributed by atoms with Crippen molar-refractivity contribution in [3.63, 3.8) is 0 Å². The maximum atomic E-state index is 13.0.